The van der Waals surface area contributed by atoms with Crippen LogP contribution in [0.1, 0.15) is 11.3 Å². The van der Waals surface area contributed by atoms with Gasteiger partial charge in [-0.1, -0.05) is 6.07 Å². The van der Waals surface area contributed by atoms with E-state index in [-0.39, 0.29) is 11.4 Å². The van der Waals surface area contributed by atoms with Crippen LogP contribution in [0.3, 0.4) is 0 Å². The van der Waals surface area contributed by atoms with E-state index in [4.69, 9.17) is 0 Å². The third-order valence-electron chi connectivity index (χ3n) is 3.00. The van der Waals surface area contributed by atoms with E-state index in [1.54, 1.807) is 25.3 Å². The van der Waals surface area contributed by atoms with Crippen molar-refractivity contribution >= 4 is 22.0 Å². The number of nitrogens with one attached hydrogen (secondary N) is 1. The summed E-state index contributed by atoms with van der Waals surface area (Å²) >= 11 is 1.41. The molecule has 0 spiro atoms. The molecule has 20 heavy (non-hydrogen) atoms. The smallest absolute Gasteiger partial charge is 0.258 e. The summed E-state index contributed by atoms with van der Waals surface area (Å²) in [5, 5.41) is 4.88. The van der Waals surface area contributed by atoms with Crippen LogP contribution in [-0.2, 0) is 6.54 Å². The largest absolute Gasteiger partial charge is 0.379 e. The Bertz CT molecular complexity index is 825. The van der Waals surface area contributed by atoms with Gasteiger partial charge in [-0.05, 0) is 24.6 Å². The summed E-state index contributed by atoms with van der Waals surface area (Å²) < 4.78 is 14.9. The molecule has 2 heterocycles. The quantitative estimate of drug-likeness (QED) is 0.806. The van der Waals surface area contributed by atoms with Crippen molar-refractivity contribution in [1.29, 1.82) is 0 Å². The molecule has 0 amide bonds. The second kappa shape index (κ2) is 5.05. The highest BCUT2D eigenvalue weighted by Gasteiger charge is 2.04. The number of aryl methyl sites for hydroxylation is 1. The van der Waals surface area contributed by atoms with Crippen LogP contribution in [0.4, 0.5) is 10.1 Å². The highest BCUT2D eigenvalue weighted by atomic mass is 32.1. The Morgan fingerprint density at radius 1 is 1.40 bits per heavy atom. The van der Waals surface area contributed by atoms with Crippen LogP contribution in [0.5, 0.6) is 0 Å². The van der Waals surface area contributed by atoms with Gasteiger partial charge in [0.15, 0.2) is 4.96 Å². The van der Waals surface area contributed by atoms with Crippen molar-refractivity contribution in [3.63, 3.8) is 0 Å². The second-order valence-electron chi connectivity index (χ2n) is 4.46. The molecule has 102 valence electrons. The zero-order valence-electron chi connectivity index (χ0n) is 10.8. The van der Waals surface area contributed by atoms with Crippen LogP contribution < -0.4 is 10.9 Å². The number of aromatic nitrogens is 2. The maximum atomic E-state index is 13.4. The number of anilines is 1. The molecule has 0 saturated heterocycles. The molecule has 2 aromatic heterocycles. The van der Waals surface area contributed by atoms with Gasteiger partial charge in [0, 0.05) is 23.3 Å². The number of hydrogen-bond acceptors (Lipinski definition) is 4. The predicted molar refractivity (Wildman–Crippen MR) is 77.8 cm³/mol. The van der Waals surface area contributed by atoms with Gasteiger partial charge in [-0.3, -0.25) is 9.20 Å². The first-order chi connectivity index (χ1) is 9.63. The van der Waals surface area contributed by atoms with Crippen LogP contribution in [0.2, 0.25) is 0 Å². The van der Waals surface area contributed by atoms with Gasteiger partial charge in [0.1, 0.15) is 5.82 Å². The number of nitrogens with zero attached hydrogens (tertiary/aromatic N) is 2. The van der Waals surface area contributed by atoms with E-state index in [2.05, 4.69) is 10.3 Å². The van der Waals surface area contributed by atoms with E-state index in [0.29, 0.717) is 28.5 Å². The molecule has 0 radical (unpaired) electrons. The van der Waals surface area contributed by atoms with Gasteiger partial charge in [0.2, 0.25) is 0 Å². The molecule has 1 N–H and O–H groups in total. The Balaban J connectivity index is 1.82. The SMILES string of the molecule is Cc1ccc(NCc2cc(=O)n3ccsc3n2)cc1F. The van der Waals surface area contributed by atoms with Gasteiger partial charge in [0.25, 0.3) is 5.56 Å². The zero-order chi connectivity index (χ0) is 14.1. The minimum absolute atomic E-state index is 0.108. The molecule has 3 rings (SSSR count). The summed E-state index contributed by atoms with van der Waals surface area (Å²) in [4.78, 5) is 16.8. The lowest BCUT2D eigenvalue weighted by atomic mass is 10.2. The Labute approximate surface area is 118 Å². The minimum Gasteiger partial charge on any atom is -0.379 e. The Kier molecular flexibility index (Phi) is 3.23. The minimum atomic E-state index is -0.253. The highest BCUT2D eigenvalue weighted by Crippen LogP contribution is 2.14. The van der Waals surface area contributed by atoms with Gasteiger partial charge >= 0.3 is 0 Å². The predicted octanol–water partition coefficient (Wildman–Crippen LogP) is 2.82. The van der Waals surface area contributed by atoms with E-state index >= 15 is 0 Å². The lowest BCUT2D eigenvalue weighted by molar-refractivity contribution is 0.619. The van der Waals surface area contributed by atoms with E-state index in [1.165, 1.54) is 27.9 Å². The maximum Gasteiger partial charge on any atom is 0.258 e. The summed E-state index contributed by atoms with van der Waals surface area (Å²) in [5.74, 6) is -0.253. The van der Waals surface area contributed by atoms with Crippen molar-refractivity contribution < 1.29 is 4.39 Å². The molecule has 0 aliphatic rings. The molecule has 0 unspecified atom stereocenters. The Hall–Kier alpha value is -2.21. The van der Waals surface area contributed by atoms with Crippen molar-refractivity contribution in [1.82, 2.24) is 9.38 Å². The van der Waals surface area contributed by atoms with E-state index < -0.39 is 0 Å². The summed E-state index contributed by atoms with van der Waals surface area (Å²) in [5.41, 5.74) is 1.80. The number of hydrogen-bond donors (Lipinski definition) is 1. The lowest BCUT2D eigenvalue weighted by Crippen LogP contribution is -2.14. The van der Waals surface area contributed by atoms with Crippen molar-refractivity contribution in [2.45, 2.75) is 13.5 Å². The molecule has 1 aromatic carbocycles. The van der Waals surface area contributed by atoms with Crippen LogP contribution in [0.15, 0.2) is 40.6 Å². The standard InChI is InChI=1S/C14H12FN3OS/c1-9-2-3-10(6-12(9)15)16-8-11-7-13(19)18-4-5-20-14(18)17-11/h2-7,16H,8H2,1H3. The van der Waals surface area contributed by atoms with Gasteiger partial charge in [-0.15, -0.1) is 11.3 Å². The molecule has 0 saturated carbocycles. The fraction of sp³-hybridized carbons (Fsp3) is 0.143. The molecule has 0 atom stereocenters. The summed E-state index contributed by atoms with van der Waals surface area (Å²) in [6.45, 7) is 2.10. The van der Waals surface area contributed by atoms with Crippen molar-refractivity contribution in [2.24, 2.45) is 0 Å². The van der Waals surface area contributed by atoms with Gasteiger partial charge in [-0.2, -0.15) is 0 Å². The second-order valence-corrected chi connectivity index (χ2v) is 5.33. The van der Waals surface area contributed by atoms with Crippen LogP contribution in [0.25, 0.3) is 4.96 Å². The van der Waals surface area contributed by atoms with E-state index in [1.807, 2.05) is 5.38 Å². The summed E-state index contributed by atoms with van der Waals surface area (Å²) in [7, 11) is 0. The van der Waals surface area contributed by atoms with E-state index in [0.717, 1.165) is 0 Å². The van der Waals surface area contributed by atoms with E-state index in [9.17, 15) is 9.18 Å². The average molecular weight is 289 g/mol. The molecular weight excluding hydrogens is 277 g/mol. The number of halogens is 1. The van der Waals surface area contributed by atoms with Gasteiger partial charge in [-0.25, -0.2) is 9.37 Å². The first-order valence-corrected chi connectivity index (χ1v) is 6.97. The molecule has 0 aliphatic carbocycles. The van der Waals surface area contributed by atoms with Crippen LogP contribution in [0, 0.1) is 12.7 Å². The number of rotatable bonds is 3. The molecule has 6 heteroatoms. The number of fused-ring (bicyclic) bond motifs is 1. The lowest BCUT2D eigenvalue weighted by Gasteiger charge is -2.07. The highest BCUT2D eigenvalue weighted by molar-refractivity contribution is 7.15. The maximum absolute atomic E-state index is 13.4. The van der Waals surface area contributed by atoms with Crippen LogP contribution >= 0.6 is 11.3 Å². The van der Waals surface area contributed by atoms with Crippen LogP contribution in [-0.4, -0.2) is 9.38 Å². The Morgan fingerprint density at radius 3 is 3.05 bits per heavy atom. The monoisotopic (exact) mass is 289 g/mol. The Morgan fingerprint density at radius 2 is 2.25 bits per heavy atom. The molecule has 3 aromatic rings. The first-order valence-electron chi connectivity index (χ1n) is 6.09. The fourth-order valence-electron chi connectivity index (χ4n) is 1.87. The summed E-state index contributed by atoms with van der Waals surface area (Å²) in [6.07, 6.45) is 1.70. The zero-order valence-corrected chi connectivity index (χ0v) is 11.6. The number of thiazole rings is 1. The molecule has 0 aliphatic heterocycles. The number of benzene rings is 1. The fourth-order valence-corrected chi connectivity index (χ4v) is 2.61. The van der Waals surface area contributed by atoms with Gasteiger partial charge in [0.05, 0.1) is 12.2 Å². The average Bonchev–Trinajstić information content (AvgIpc) is 2.89. The normalized spacial score (nSPS) is 10.9. The third kappa shape index (κ3) is 2.42. The van der Waals surface area contributed by atoms with Gasteiger partial charge < -0.3 is 5.32 Å². The summed E-state index contributed by atoms with van der Waals surface area (Å²) in [6, 6.07) is 6.43. The molecule has 0 fully saturated rings. The van der Waals surface area contributed by atoms with Crippen molar-refractivity contribution in [3.8, 4) is 0 Å². The topological polar surface area (TPSA) is 46.4 Å². The van der Waals surface area contributed by atoms with Crippen molar-refractivity contribution in [3.05, 3.63) is 63.3 Å². The molecule has 4 nitrogen and oxygen atoms in total. The first kappa shape index (κ1) is 12.8. The molecule has 0 bridgehead atoms. The third-order valence-corrected chi connectivity index (χ3v) is 3.76. The molecular formula is C14H12FN3OS. The van der Waals surface area contributed by atoms with Crippen molar-refractivity contribution in [2.75, 3.05) is 5.32 Å².